The van der Waals surface area contributed by atoms with E-state index in [0.717, 1.165) is 0 Å². The number of nitrogens with one attached hydrogen (secondary N) is 3. The fourth-order valence-corrected chi connectivity index (χ4v) is 2.39. The molecule has 2 amide bonds. The van der Waals surface area contributed by atoms with Crippen LogP contribution in [0.4, 0.5) is 17.1 Å². The number of carbonyl (C=O) groups excluding carboxylic acids is 2. The quantitative estimate of drug-likeness (QED) is 0.465. The van der Waals surface area contributed by atoms with Gasteiger partial charge < -0.3 is 20.3 Å². The van der Waals surface area contributed by atoms with E-state index >= 15 is 0 Å². The van der Waals surface area contributed by atoms with Crippen molar-refractivity contribution >= 4 is 28.9 Å². The lowest BCUT2D eigenvalue weighted by Crippen LogP contribution is -3.11. The number of non-ortho nitro benzene ring substituents is 1. The Kier molecular flexibility index (Phi) is 6.84. The molecular weight excluding hydrogens is 352 g/mol. The number of hydrogen-bond acceptors (Lipinski definition) is 5. The fraction of sp³-hybridized carbons (Fsp3) is 0.222. The number of ether oxygens (including phenoxy) is 1. The number of nitro groups is 1. The smallest absolute Gasteiger partial charge is 0.279 e. The summed E-state index contributed by atoms with van der Waals surface area (Å²) in [5.41, 5.74) is 0.867. The van der Waals surface area contributed by atoms with Gasteiger partial charge in [0.1, 0.15) is 5.75 Å². The highest BCUT2D eigenvalue weighted by atomic mass is 16.6. The molecule has 0 aliphatic heterocycles. The monoisotopic (exact) mass is 373 g/mol. The van der Waals surface area contributed by atoms with Gasteiger partial charge in [-0.2, -0.15) is 0 Å². The van der Waals surface area contributed by atoms with E-state index in [1.54, 1.807) is 44.5 Å². The van der Waals surface area contributed by atoms with Crippen LogP contribution >= 0.6 is 0 Å². The van der Waals surface area contributed by atoms with Crippen molar-refractivity contribution in [2.24, 2.45) is 0 Å². The number of carbonyl (C=O) groups is 2. The minimum atomic E-state index is -0.531. The molecular formula is C18H21N4O5+. The minimum absolute atomic E-state index is 0.0404. The average Bonchev–Trinajstić information content (AvgIpc) is 2.62. The Labute approximate surface area is 156 Å². The third-order valence-corrected chi connectivity index (χ3v) is 3.64. The second kappa shape index (κ2) is 9.30. The lowest BCUT2D eigenvalue weighted by Gasteiger charge is -2.14. The molecule has 1 unspecified atom stereocenters. The van der Waals surface area contributed by atoms with E-state index in [2.05, 4.69) is 10.6 Å². The second-order valence-electron chi connectivity index (χ2n) is 5.94. The molecule has 2 aromatic rings. The van der Waals surface area contributed by atoms with Crippen LogP contribution in [0.2, 0.25) is 0 Å². The standard InChI is InChI=1S/C18H20N4O5/c1-21(11-17(23)19-13-6-8-16(27-2)9-7-13)12-18(24)20-14-4-3-5-15(10-14)22(25)26/h3-10H,11-12H2,1-2H3,(H,19,23)(H,20,24)/p+1. The first kappa shape index (κ1) is 19.9. The van der Waals surface area contributed by atoms with Gasteiger partial charge in [-0.05, 0) is 30.3 Å². The second-order valence-corrected chi connectivity index (χ2v) is 5.94. The Hall–Kier alpha value is -3.46. The molecule has 27 heavy (non-hydrogen) atoms. The Morgan fingerprint density at radius 2 is 1.63 bits per heavy atom. The molecule has 0 saturated heterocycles. The van der Waals surface area contributed by atoms with Crippen LogP contribution in [0.1, 0.15) is 0 Å². The zero-order chi connectivity index (χ0) is 19.8. The topological polar surface area (TPSA) is 115 Å². The molecule has 2 aromatic carbocycles. The summed E-state index contributed by atoms with van der Waals surface area (Å²) in [6.07, 6.45) is 0. The molecule has 142 valence electrons. The third kappa shape index (κ3) is 6.40. The first-order valence-electron chi connectivity index (χ1n) is 8.17. The van der Waals surface area contributed by atoms with Crippen LogP contribution in [0.25, 0.3) is 0 Å². The number of quaternary nitrogens is 1. The van der Waals surface area contributed by atoms with E-state index in [9.17, 15) is 19.7 Å². The van der Waals surface area contributed by atoms with Gasteiger partial charge in [0, 0.05) is 23.5 Å². The van der Waals surface area contributed by atoms with Crippen molar-refractivity contribution in [3.8, 4) is 5.75 Å². The van der Waals surface area contributed by atoms with E-state index in [1.807, 2.05) is 0 Å². The van der Waals surface area contributed by atoms with E-state index in [1.165, 1.54) is 18.2 Å². The molecule has 9 heteroatoms. The predicted molar refractivity (Wildman–Crippen MR) is 100.0 cm³/mol. The summed E-state index contributed by atoms with van der Waals surface area (Å²) in [5.74, 6) is 0.111. The summed E-state index contributed by atoms with van der Waals surface area (Å²) in [4.78, 5) is 35.0. The molecule has 0 spiro atoms. The van der Waals surface area contributed by atoms with Gasteiger partial charge in [-0.25, -0.2) is 0 Å². The van der Waals surface area contributed by atoms with Gasteiger partial charge in [-0.1, -0.05) is 6.07 Å². The Morgan fingerprint density at radius 3 is 2.19 bits per heavy atom. The highest BCUT2D eigenvalue weighted by molar-refractivity contribution is 5.93. The molecule has 1 atom stereocenters. The molecule has 0 aliphatic rings. The summed E-state index contributed by atoms with van der Waals surface area (Å²) in [7, 11) is 3.27. The van der Waals surface area contributed by atoms with Crippen LogP contribution in [0.3, 0.4) is 0 Å². The molecule has 3 N–H and O–H groups in total. The molecule has 0 fully saturated rings. The average molecular weight is 373 g/mol. The van der Waals surface area contributed by atoms with Crippen molar-refractivity contribution in [3.63, 3.8) is 0 Å². The highest BCUT2D eigenvalue weighted by Gasteiger charge is 2.15. The fourth-order valence-electron chi connectivity index (χ4n) is 2.39. The van der Waals surface area contributed by atoms with Crippen molar-refractivity contribution in [1.29, 1.82) is 0 Å². The normalized spacial score (nSPS) is 11.3. The Balaban J connectivity index is 1.82. The Bertz CT molecular complexity index is 823. The maximum atomic E-state index is 12.1. The van der Waals surface area contributed by atoms with Crippen molar-refractivity contribution in [2.75, 3.05) is 37.9 Å². The van der Waals surface area contributed by atoms with E-state index in [0.29, 0.717) is 22.0 Å². The largest absolute Gasteiger partial charge is 0.497 e. The van der Waals surface area contributed by atoms with E-state index < -0.39 is 4.92 Å². The van der Waals surface area contributed by atoms with E-state index in [-0.39, 0.29) is 30.6 Å². The van der Waals surface area contributed by atoms with Crippen LogP contribution in [0, 0.1) is 10.1 Å². The number of nitro benzene ring substituents is 1. The third-order valence-electron chi connectivity index (χ3n) is 3.64. The number of rotatable bonds is 8. The molecule has 0 radical (unpaired) electrons. The number of hydrogen-bond donors (Lipinski definition) is 3. The molecule has 0 saturated carbocycles. The summed E-state index contributed by atoms with van der Waals surface area (Å²) < 4.78 is 5.05. The van der Waals surface area contributed by atoms with Crippen LogP contribution in [-0.4, -0.2) is 44.0 Å². The maximum Gasteiger partial charge on any atom is 0.279 e. The van der Waals surface area contributed by atoms with Crippen LogP contribution in [0.15, 0.2) is 48.5 Å². The number of methoxy groups -OCH3 is 1. The first-order chi connectivity index (χ1) is 12.9. The highest BCUT2D eigenvalue weighted by Crippen LogP contribution is 2.16. The number of nitrogens with zero attached hydrogens (tertiary/aromatic N) is 1. The Morgan fingerprint density at radius 1 is 1.04 bits per heavy atom. The van der Waals surface area contributed by atoms with Gasteiger partial charge in [-0.15, -0.1) is 0 Å². The molecule has 0 heterocycles. The summed E-state index contributed by atoms with van der Waals surface area (Å²) >= 11 is 0. The molecule has 0 bridgehead atoms. The van der Waals surface area contributed by atoms with Crippen molar-refractivity contribution in [3.05, 3.63) is 58.6 Å². The molecule has 9 nitrogen and oxygen atoms in total. The van der Waals surface area contributed by atoms with Crippen LogP contribution in [0.5, 0.6) is 5.75 Å². The van der Waals surface area contributed by atoms with Crippen molar-refractivity contribution < 1.29 is 24.1 Å². The summed E-state index contributed by atoms with van der Waals surface area (Å²) in [6, 6.07) is 12.6. The SMILES string of the molecule is COc1ccc(NC(=O)C[NH+](C)CC(=O)Nc2cccc([N+](=O)[O-])c2)cc1. The number of anilines is 2. The number of benzene rings is 2. The summed E-state index contributed by atoms with van der Waals surface area (Å²) in [6.45, 7) is 0.132. The zero-order valence-corrected chi connectivity index (χ0v) is 15.0. The lowest BCUT2D eigenvalue weighted by molar-refractivity contribution is -0.862. The van der Waals surface area contributed by atoms with Gasteiger partial charge in [0.2, 0.25) is 0 Å². The molecule has 0 aliphatic carbocycles. The van der Waals surface area contributed by atoms with Gasteiger partial charge in [-0.3, -0.25) is 19.7 Å². The van der Waals surface area contributed by atoms with Crippen LogP contribution < -0.4 is 20.3 Å². The van der Waals surface area contributed by atoms with Gasteiger partial charge in [0.05, 0.1) is 19.1 Å². The number of amides is 2. The maximum absolute atomic E-state index is 12.1. The first-order valence-corrected chi connectivity index (χ1v) is 8.17. The van der Waals surface area contributed by atoms with Crippen LogP contribution in [-0.2, 0) is 9.59 Å². The van der Waals surface area contributed by atoms with Gasteiger partial charge >= 0.3 is 0 Å². The lowest BCUT2D eigenvalue weighted by atomic mass is 10.3. The zero-order valence-electron chi connectivity index (χ0n) is 15.0. The van der Waals surface area contributed by atoms with Crippen molar-refractivity contribution in [2.45, 2.75) is 0 Å². The minimum Gasteiger partial charge on any atom is -0.497 e. The summed E-state index contributed by atoms with van der Waals surface area (Å²) in [5, 5.41) is 16.1. The van der Waals surface area contributed by atoms with Gasteiger partial charge in [0.15, 0.2) is 13.1 Å². The van der Waals surface area contributed by atoms with Crippen molar-refractivity contribution in [1.82, 2.24) is 0 Å². The van der Waals surface area contributed by atoms with Gasteiger partial charge in [0.25, 0.3) is 17.5 Å². The molecule has 0 aromatic heterocycles. The predicted octanol–water partition coefficient (Wildman–Crippen LogP) is 0.695. The van der Waals surface area contributed by atoms with E-state index in [4.69, 9.17) is 4.74 Å². The molecule has 2 rings (SSSR count). The number of likely N-dealkylation sites (N-methyl/N-ethyl adjacent to an activating group) is 1.